The highest BCUT2D eigenvalue weighted by atomic mass is 28.4. The molecule has 1 heterocycles. The van der Waals surface area contributed by atoms with Crippen LogP contribution in [0.15, 0.2) is 28.9 Å². The fraction of sp³-hybridized carbons (Fsp3) is 0.526. The second-order valence-corrected chi connectivity index (χ2v) is 12.3. The molecular formula is C19H27NO3Si. The van der Waals surface area contributed by atoms with E-state index in [2.05, 4.69) is 39.9 Å². The third-order valence-corrected chi connectivity index (χ3v) is 9.28. The van der Waals surface area contributed by atoms with Crippen molar-refractivity contribution in [2.45, 2.75) is 51.7 Å². The molecule has 0 aliphatic carbocycles. The van der Waals surface area contributed by atoms with E-state index in [4.69, 9.17) is 18.8 Å². The highest BCUT2D eigenvalue weighted by Gasteiger charge is 2.36. The summed E-state index contributed by atoms with van der Waals surface area (Å²) in [6, 6.07) is 7.86. The molecule has 2 aromatic rings. The Labute approximate surface area is 145 Å². The van der Waals surface area contributed by atoms with E-state index in [0.717, 1.165) is 35.3 Å². The van der Waals surface area contributed by atoms with Gasteiger partial charge in [0.1, 0.15) is 11.3 Å². The smallest absolute Gasteiger partial charge is 0.191 e. The first kappa shape index (κ1) is 18.6. The molecule has 0 fully saturated rings. The van der Waals surface area contributed by atoms with Crippen LogP contribution in [0.2, 0.25) is 18.1 Å². The van der Waals surface area contributed by atoms with Crippen molar-refractivity contribution in [1.82, 2.24) is 0 Å². The fourth-order valence-electron chi connectivity index (χ4n) is 2.23. The molecule has 4 nitrogen and oxygen atoms in total. The van der Waals surface area contributed by atoms with E-state index in [-0.39, 0.29) is 5.04 Å². The van der Waals surface area contributed by atoms with Crippen LogP contribution < -0.4 is 4.74 Å². The summed E-state index contributed by atoms with van der Waals surface area (Å²) in [6.07, 6.45) is 2.83. The number of furan rings is 1. The minimum atomic E-state index is -1.68. The number of nitriles is 1. The zero-order valence-corrected chi connectivity index (χ0v) is 16.3. The average molecular weight is 346 g/mol. The van der Waals surface area contributed by atoms with Gasteiger partial charge in [0.05, 0.1) is 30.7 Å². The van der Waals surface area contributed by atoms with Gasteiger partial charge in [-0.3, -0.25) is 0 Å². The zero-order valence-electron chi connectivity index (χ0n) is 15.3. The number of ether oxygens (including phenoxy) is 1. The van der Waals surface area contributed by atoms with Gasteiger partial charge in [-0.2, -0.15) is 5.26 Å². The summed E-state index contributed by atoms with van der Waals surface area (Å²) in [5, 5.41) is 10.0. The third-order valence-electron chi connectivity index (χ3n) is 4.74. The molecule has 0 aliphatic rings. The quantitative estimate of drug-likeness (QED) is 0.505. The highest BCUT2D eigenvalue weighted by Crippen LogP contribution is 2.36. The predicted octanol–water partition coefficient (Wildman–Crippen LogP) is 5.29. The molecule has 0 unspecified atom stereocenters. The fourth-order valence-corrected chi connectivity index (χ4v) is 3.32. The summed E-state index contributed by atoms with van der Waals surface area (Å²) in [5.74, 6) is 0.799. The number of benzene rings is 1. The van der Waals surface area contributed by atoms with E-state index in [9.17, 15) is 0 Å². The van der Waals surface area contributed by atoms with Crippen molar-refractivity contribution in [3.63, 3.8) is 0 Å². The highest BCUT2D eigenvalue weighted by molar-refractivity contribution is 6.74. The molecule has 0 aliphatic heterocycles. The Balaban J connectivity index is 1.90. The van der Waals surface area contributed by atoms with Crippen LogP contribution in [0.25, 0.3) is 11.0 Å². The monoisotopic (exact) mass is 345 g/mol. The Kier molecular flexibility index (Phi) is 5.73. The van der Waals surface area contributed by atoms with E-state index in [0.29, 0.717) is 13.0 Å². The maximum absolute atomic E-state index is 8.88. The van der Waals surface area contributed by atoms with Crippen LogP contribution in [0, 0.1) is 11.3 Å². The molecule has 24 heavy (non-hydrogen) atoms. The molecule has 0 spiro atoms. The number of hydrogen-bond acceptors (Lipinski definition) is 4. The lowest BCUT2D eigenvalue weighted by Crippen LogP contribution is -2.41. The van der Waals surface area contributed by atoms with Crippen LogP contribution in [0.5, 0.6) is 5.75 Å². The average Bonchev–Trinajstić information content (AvgIpc) is 2.97. The Morgan fingerprint density at radius 2 is 1.92 bits per heavy atom. The van der Waals surface area contributed by atoms with Gasteiger partial charge in [-0.05, 0) is 30.3 Å². The van der Waals surface area contributed by atoms with E-state index in [1.165, 1.54) is 0 Å². The molecule has 0 N–H and O–H groups in total. The van der Waals surface area contributed by atoms with Crippen molar-refractivity contribution in [1.29, 1.82) is 5.26 Å². The normalized spacial score (nSPS) is 12.3. The molecule has 130 valence electrons. The second-order valence-electron chi connectivity index (χ2n) is 7.53. The molecule has 2 rings (SSSR count). The molecule has 5 heteroatoms. The number of rotatable bonds is 7. The van der Waals surface area contributed by atoms with Crippen LogP contribution in [-0.2, 0) is 10.8 Å². The van der Waals surface area contributed by atoms with Gasteiger partial charge in [0.2, 0.25) is 0 Å². The third kappa shape index (κ3) is 4.19. The molecule has 0 amide bonds. The SMILES string of the molecule is CC(C)(C)[Si](C)(C)OCCCOc1ccc(CC#N)c2occc12. The first-order chi connectivity index (χ1) is 11.3. The molecular weight excluding hydrogens is 318 g/mol. The minimum absolute atomic E-state index is 0.230. The van der Waals surface area contributed by atoms with E-state index < -0.39 is 8.32 Å². The standard InChI is InChI=1S/C19H27NO3Si/c1-19(2,3)24(4,5)23-13-6-12-21-17-8-7-15(9-11-20)18-16(17)10-14-22-18/h7-8,10,14H,6,9,12-13H2,1-5H3. The Hall–Kier alpha value is -1.77. The van der Waals surface area contributed by atoms with Crippen molar-refractivity contribution in [3.8, 4) is 11.8 Å². The predicted molar refractivity (Wildman–Crippen MR) is 98.8 cm³/mol. The summed E-state index contributed by atoms with van der Waals surface area (Å²) in [6.45, 7) is 12.6. The Morgan fingerprint density at radius 1 is 1.17 bits per heavy atom. The van der Waals surface area contributed by atoms with Crippen molar-refractivity contribution in [2.24, 2.45) is 0 Å². The van der Waals surface area contributed by atoms with Crippen LogP contribution in [0.1, 0.15) is 32.8 Å². The van der Waals surface area contributed by atoms with Crippen LogP contribution >= 0.6 is 0 Å². The summed E-state index contributed by atoms with van der Waals surface area (Å²) in [7, 11) is -1.68. The first-order valence-electron chi connectivity index (χ1n) is 8.39. The van der Waals surface area contributed by atoms with Gasteiger partial charge in [0.25, 0.3) is 0 Å². The molecule has 0 saturated carbocycles. The topological polar surface area (TPSA) is 55.4 Å². The lowest BCUT2D eigenvalue weighted by molar-refractivity contribution is 0.235. The van der Waals surface area contributed by atoms with Gasteiger partial charge < -0.3 is 13.6 Å². The van der Waals surface area contributed by atoms with Gasteiger partial charge in [-0.1, -0.05) is 26.8 Å². The molecule has 0 atom stereocenters. The summed E-state index contributed by atoms with van der Waals surface area (Å²) >= 11 is 0. The maximum Gasteiger partial charge on any atom is 0.191 e. The zero-order chi connectivity index (χ0) is 17.8. The second kappa shape index (κ2) is 7.41. The number of hydrogen-bond donors (Lipinski definition) is 0. The van der Waals surface area contributed by atoms with E-state index in [1.807, 2.05) is 18.2 Å². The van der Waals surface area contributed by atoms with E-state index >= 15 is 0 Å². The number of fused-ring (bicyclic) bond motifs is 1. The Bertz CT molecular complexity index is 722. The summed E-state index contributed by atoms with van der Waals surface area (Å²) in [4.78, 5) is 0. The molecule has 0 saturated heterocycles. The molecule has 0 bridgehead atoms. The molecule has 1 aromatic heterocycles. The molecule has 1 aromatic carbocycles. The minimum Gasteiger partial charge on any atom is -0.493 e. The van der Waals surface area contributed by atoms with Gasteiger partial charge in [-0.15, -0.1) is 0 Å². The largest absolute Gasteiger partial charge is 0.493 e. The lowest BCUT2D eigenvalue weighted by atomic mass is 10.1. The van der Waals surface area contributed by atoms with Crippen molar-refractivity contribution in [3.05, 3.63) is 30.0 Å². The lowest BCUT2D eigenvalue weighted by Gasteiger charge is -2.36. The first-order valence-corrected chi connectivity index (χ1v) is 11.3. The van der Waals surface area contributed by atoms with Gasteiger partial charge >= 0.3 is 0 Å². The van der Waals surface area contributed by atoms with Gasteiger partial charge in [0, 0.05) is 18.6 Å². The van der Waals surface area contributed by atoms with Crippen LogP contribution in [-0.4, -0.2) is 21.5 Å². The Morgan fingerprint density at radius 3 is 2.58 bits per heavy atom. The van der Waals surface area contributed by atoms with Crippen molar-refractivity contribution in [2.75, 3.05) is 13.2 Å². The van der Waals surface area contributed by atoms with Crippen LogP contribution in [0.3, 0.4) is 0 Å². The van der Waals surface area contributed by atoms with Gasteiger partial charge in [-0.25, -0.2) is 0 Å². The molecule has 0 radical (unpaired) electrons. The van der Waals surface area contributed by atoms with Crippen molar-refractivity contribution >= 4 is 19.3 Å². The summed E-state index contributed by atoms with van der Waals surface area (Å²) < 4.78 is 17.6. The van der Waals surface area contributed by atoms with Crippen molar-refractivity contribution < 1.29 is 13.6 Å². The maximum atomic E-state index is 8.88. The number of nitrogens with zero attached hydrogens (tertiary/aromatic N) is 1. The van der Waals surface area contributed by atoms with E-state index in [1.54, 1.807) is 6.26 Å². The van der Waals surface area contributed by atoms with Crippen LogP contribution in [0.4, 0.5) is 0 Å². The van der Waals surface area contributed by atoms with Gasteiger partial charge in [0.15, 0.2) is 8.32 Å². The summed E-state index contributed by atoms with van der Waals surface area (Å²) in [5.41, 5.74) is 1.64.